The van der Waals surface area contributed by atoms with E-state index in [4.69, 9.17) is 4.52 Å². The van der Waals surface area contributed by atoms with Gasteiger partial charge < -0.3 is 4.52 Å². The van der Waals surface area contributed by atoms with Crippen LogP contribution in [0.5, 0.6) is 0 Å². The second-order valence-corrected chi connectivity index (χ2v) is 6.03. The molecule has 0 aliphatic heterocycles. The molecule has 1 N–H and O–H groups in total. The molecule has 7 nitrogen and oxygen atoms in total. The Morgan fingerprint density at radius 2 is 2.19 bits per heavy atom. The van der Waals surface area contributed by atoms with Crippen molar-refractivity contribution in [1.29, 1.82) is 0 Å². The lowest BCUT2D eigenvalue weighted by Gasteiger charge is -2.02. The van der Waals surface area contributed by atoms with Gasteiger partial charge in [0.25, 0.3) is 0 Å². The van der Waals surface area contributed by atoms with E-state index in [-0.39, 0.29) is 17.1 Å². The third-order valence-electron chi connectivity index (χ3n) is 2.77. The summed E-state index contributed by atoms with van der Waals surface area (Å²) < 4.78 is 56.6. The van der Waals surface area contributed by atoms with Crippen molar-refractivity contribution in [2.24, 2.45) is 0 Å². The molecule has 0 atom stereocenters. The Hall–Kier alpha value is -1.81. The highest BCUT2D eigenvalue weighted by molar-refractivity contribution is 7.89. The van der Waals surface area contributed by atoms with Gasteiger partial charge in [0.05, 0.1) is 24.1 Å². The van der Waals surface area contributed by atoms with E-state index in [1.165, 1.54) is 6.92 Å². The van der Waals surface area contributed by atoms with Gasteiger partial charge >= 0.3 is 6.55 Å². The van der Waals surface area contributed by atoms with Crippen molar-refractivity contribution in [3.8, 4) is 0 Å². The highest BCUT2D eigenvalue weighted by Crippen LogP contribution is 2.18. The Balaban J connectivity index is 2.14. The number of nitrogens with zero attached hydrogens (tertiary/aromatic N) is 3. The molecule has 10 heteroatoms. The number of halogens is 2. The van der Waals surface area contributed by atoms with Crippen LogP contribution in [0.2, 0.25) is 0 Å². The number of nitrogens with one attached hydrogen (secondary N) is 1. The summed E-state index contributed by atoms with van der Waals surface area (Å²) >= 11 is 0. The first-order valence-corrected chi connectivity index (χ1v) is 7.60. The van der Waals surface area contributed by atoms with Crippen LogP contribution in [0.25, 0.3) is 0 Å². The van der Waals surface area contributed by atoms with Crippen LogP contribution in [0.4, 0.5) is 8.78 Å². The Bertz CT molecular complexity index is 724. The molecule has 0 amide bonds. The van der Waals surface area contributed by atoms with Crippen molar-refractivity contribution in [3.63, 3.8) is 0 Å². The van der Waals surface area contributed by atoms with Crippen LogP contribution in [-0.2, 0) is 23.0 Å². The highest BCUT2D eigenvalue weighted by Gasteiger charge is 2.22. The van der Waals surface area contributed by atoms with Crippen LogP contribution in [-0.4, -0.2) is 23.4 Å². The maximum Gasteiger partial charge on any atom is 0.333 e. The van der Waals surface area contributed by atoms with Crippen LogP contribution >= 0.6 is 0 Å². The summed E-state index contributed by atoms with van der Waals surface area (Å²) in [5.74, 6) is 0.342. The lowest BCUT2D eigenvalue weighted by molar-refractivity contribution is 0.0561. The lowest BCUT2D eigenvalue weighted by Crippen LogP contribution is -2.23. The first-order valence-electron chi connectivity index (χ1n) is 6.11. The molecule has 116 valence electrons. The van der Waals surface area contributed by atoms with Gasteiger partial charge in [0.1, 0.15) is 4.90 Å². The van der Waals surface area contributed by atoms with Gasteiger partial charge in [-0.25, -0.2) is 17.8 Å². The van der Waals surface area contributed by atoms with Gasteiger partial charge in [0, 0.05) is 6.07 Å². The van der Waals surface area contributed by atoms with Gasteiger partial charge in [-0.05, 0) is 13.3 Å². The molecule has 0 aliphatic carbocycles. The van der Waals surface area contributed by atoms with Crippen LogP contribution in [0.1, 0.15) is 30.6 Å². The normalized spacial score (nSPS) is 12.2. The molecular formula is C11H14F2N4O3S. The van der Waals surface area contributed by atoms with Gasteiger partial charge in [-0.1, -0.05) is 12.1 Å². The molecule has 2 rings (SSSR count). The molecule has 0 aliphatic rings. The Labute approximate surface area is 120 Å². The molecule has 0 aromatic carbocycles. The lowest BCUT2D eigenvalue weighted by atomic mass is 10.3. The summed E-state index contributed by atoms with van der Waals surface area (Å²) in [7, 11) is -3.95. The quantitative estimate of drug-likeness (QED) is 0.873. The number of aryl methyl sites for hydroxylation is 2. The van der Waals surface area contributed by atoms with E-state index in [9.17, 15) is 17.2 Å². The zero-order valence-electron chi connectivity index (χ0n) is 11.4. The predicted octanol–water partition coefficient (Wildman–Crippen LogP) is 1.62. The summed E-state index contributed by atoms with van der Waals surface area (Å²) in [5, 5.41) is 7.19. The molecule has 2 aromatic heterocycles. The molecule has 0 spiro atoms. The highest BCUT2D eigenvalue weighted by atomic mass is 32.2. The van der Waals surface area contributed by atoms with Crippen molar-refractivity contribution in [2.45, 2.75) is 38.3 Å². The second-order valence-electron chi connectivity index (χ2n) is 4.30. The van der Waals surface area contributed by atoms with Gasteiger partial charge in [-0.2, -0.15) is 13.9 Å². The average molecular weight is 320 g/mol. The second kappa shape index (κ2) is 5.90. The zero-order chi connectivity index (χ0) is 15.6. The van der Waals surface area contributed by atoms with Crippen LogP contribution in [0.15, 0.2) is 21.7 Å². The van der Waals surface area contributed by atoms with E-state index >= 15 is 0 Å². The third-order valence-corrected chi connectivity index (χ3v) is 4.27. The molecule has 2 aromatic rings. The van der Waals surface area contributed by atoms with Crippen LogP contribution in [0.3, 0.4) is 0 Å². The van der Waals surface area contributed by atoms with E-state index in [2.05, 4.69) is 15.0 Å². The van der Waals surface area contributed by atoms with Gasteiger partial charge in [0.15, 0.2) is 5.76 Å². The van der Waals surface area contributed by atoms with E-state index < -0.39 is 16.6 Å². The first kappa shape index (κ1) is 15.6. The van der Waals surface area contributed by atoms with Gasteiger partial charge in [0.2, 0.25) is 10.0 Å². The Kier molecular flexibility index (Phi) is 4.37. The van der Waals surface area contributed by atoms with Crippen molar-refractivity contribution in [2.75, 3.05) is 0 Å². The number of alkyl halides is 2. The van der Waals surface area contributed by atoms with Crippen LogP contribution < -0.4 is 4.72 Å². The van der Waals surface area contributed by atoms with E-state index in [1.54, 1.807) is 6.07 Å². The molecule has 0 fully saturated rings. The summed E-state index contributed by atoms with van der Waals surface area (Å²) in [5.41, 5.74) is 0.695. The van der Waals surface area contributed by atoms with Gasteiger partial charge in [-0.3, -0.25) is 0 Å². The number of sulfonamides is 1. The molecule has 0 bridgehead atoms. The van der Waals surface area contributed by atoms with E-state index in [0.29, 0.717) is 22.6 Å². The average Bonchev–Trinajstić information content (AvgIpc) is 3.03. The molecule has 0 radical (unpaired) electrons. The number of aromatic nitrogens is 3. The fourth-order valence-electron chi connectivity index (χ4n) is 1.68. The largest absolute Gasteiger partial charge is 0.360 e. The van der Waals surface area contributed by atoms with Gasteiger partial charge in [-0.15, -0.1) is 0 Å². The number of rotatable bonds is 6. The topological polar surface area (TPSA) is 90.0 Å². The fraction of sp³-hybridized carbons (Fsp3) is 0.455. The standard InChI is InChI=1S/C11H14F2N4O3S/c1-3-8-4-9(20-16-8)5-14-21(18,19)10-6-17(11(12)13)15-7(10)2/h4,6,11,14H,3,5H2,1-2H3. The number of hydrogen-bond donors (Lipinski definition) is 1. The SMILES string of the molecule is CCc1cc(CNS(=O)(=O)c2cn(C(F)F)nc2C)on1. The molecule has 0 unspecified atom stereocenters. The summed E-state index contributed by atoms with van der Waals surface area (Å²) in [6.07, 6.45) is 1.46. The Morgan fingerprint density at radius 1 is 1.48 bits per heavy atom. The third kappa shape index (κ3) is 3.45. The van der Waals surface area contributed by atoms with Crippen LogP contribution in [0, 0.1) is 6.92 Å². The monoisotopic (exact) mass is 320 g/mol. The number of hydrogen-bond acceptors (Lipinski definition) is 5. The molecule has 21 heavy (non-hydrogen) atoms. The summed E-state index contributed by atoms with van der Waals surface area (Å²) in [6.45, 7) is 0.216. The fourth-order valence-corrected chi connectivity index (χ4v) is 2.84. The zero-order valence-corrected chi connectivity index (χ0v) is 12.2. The van der Waals surface area contributed by atoms with Crippen molar-refractivity contribution in [1.82, 2.24) is 19.7 Å². The molecular weight excluding hydrogens is 306 g/mol. The van der Waals surface area contributed by atoms with E-state index in [1.807, 2.05) is 6.92 Å². The minimum absolute atomic E-state index is 0.00498. The maximum absolute atomic E-state index is 12.5. The molecule has 0 saturated carbocycles. The van der Waals surface area contributed by atoms with Crippen molar-refractivity contribution >= 4 is 10.0 Å². The maximum atomic E-state index is 12.5. The molecule has 0 saturated heterocycles. The smallest absolute Gasteiger partial charge is 0.333 e. The summed E-state index contributed by atoms with van der Waals surface area (Å²) in [6, 6.07) is 1.62. The minimum atomic E-state index is -3.95. The minimum Gasteiger partial charge on any atom is -0.360 e. The van der Waals surface area contributed by atoms with Crippen molar-refractivity contribution in [3.05, 3.63) is 29.4 Å². The first-order chi connectivity index (χ1) is 9.83. The predicted molar refractivity (Wildman–Crippen MR) is 68.1 cm³/mol. The molecule has 2 heterocycles. The van der Waals surface area contributed by atoms with E-state index in [0.717, 1.165) is 6.20 Å². The summed E-state index contributed by atoms with van der Waals surface area (Å²) in [4.78, 5) is -0.293. The van der Waals surface area contributed by atoms with Crippen molar-refractivity contribution < 1.29 is 21.7 Å². The Morgan fingerprint density at radius 3 is 2.71 bits per heavy atom.